The third-order valence-electron chi connectivity index (χ3n) is 3.52. The number of nitrogens with one attached hydrogen (secondary N) is 2. The van der Waals surface area contributed by atoms with Gasteiger partial charge in [0.2, 0.25) is 0 Å². The Bertz CT molecular complexity index is 774. The normalized spacial score (nSPS) is 16.7. The maximum atomic E-state index is 12.2. The number of allylic oxidation sites excluding steroid dienone is 1. The molecule has 0 aromatic heterocycles. The molecule has 9 heteroatoms. The number of carbonyl (C=O) groups excluding carboxylic acids is 3. The Balaban J connectivity index is 2.58. The van der Waals surface area contributed by atoms with Crippen LogP contribution in [-0.4, -0.2) is 32.2 Å². The average Bonchev–Trinajstić information content (AvgIpc) is 2.53. The van der Waals surface area contributed by atoms with Gasteiger partial charge >= 0.3 is 18.0 Å². The Morgan fingerprint density at radius 2 is 1.88 bits per heavy atom. The van der Waals surface area contributed by atoms with E-state index in [4.69, 9.17) is 14.2 Å². The molecule has 2 N–H and O–H groups in total. The highest BCUT2D eigenvalue weighted by molar-refractivity contribution is 9.10. The molecule has 1 aromatic carbocycles. The standard InChI is InChI=1S/C16H17BrN2O6/c1-7-13(15(21)24-4)14(19-16(22)18-7)9-5-11(23-3)12(6-10(9)17)25-8(2)20/h5-6,14H,1-4H3,(H2,18,19,22)/t14-/m1/s1. The number of rotatable bonds is 4. The van der Waals surface area contributed by atoms with Crippen LogP contribution in [0.25, 0.3) is 0 Å². The van der Waals surface area contributed by atoms with Crippen molar-refractivity contribution in [2.45, 2.75) is 19.9 Å². The van der Waals surface area contributed by atoms with Gasteiger partial charge in [0, 0.05) is 17.1 Å². The maximum absolute atomic E-state index is 12.2. The van der Waals surface area contributed by atoms with Crippen molar-refractivity contribution in [3.8, 4) is 11.5 Å². The van der Waals surface area contributed by atoms with Crippen LogP contribution in [0.1, 0.15) is 25.5 Å². The summed E-state index contributed by atoms with van der Waals surface area (Å²) in [5.41, 5.74) is 1.18. The molecule has 1 aromatic rings. The van der Waals surface area contributed by atoms with E-state index in [-0.39, 0.29) is 17.1 Å². The lowest BCUT2D eigenvalue weighted by Gasteiger charge is -2.29. The zero-order valence-corrected chi connectivity index (χ0v) is 15.6. The van der Waals surface area contributed by atoms with E-state index in [2.05, 4.69) is 26.6 Å². The summed E-state index contributed by atoms with van der Waals surface area (Å²) in [5, 5.41) is 5.22. The second-order valence-electron chi connectivity index (χ2n) is 5.18. The van der Waals surface area contributed by atoms with E-state index in [1.54, 1.807) is 13.0 Å². The van der Waals surface area contributed by atoms with Gasteiger partial charge in [-0.1, -0.05) is 15.9 Å². The summed E-state index contributed by atoms with van der Waals surface area (Å²) in [6.45, 7) is 2.88. The molecule has 0 unspecified atom stereocenters. The van der Waals surface area contributed by atoms with Gasteiger partial charge in [-0.05, 0) is 24.6 Å². The van der Waals surface area contributed by atoms with Gasteiger partial charge in [0.15, 0.2) is 11.5 Å². The number of amides is 2. The van der Waals surface area contributed by atoms with E-state index >= 15 is 0 Å². The van der Waals surface area contributed by atoms with Crippen LogP contribution in [0.3, 0.4) is 0 Å². The monoisotopic (exact) mass is 412 g/mol. The fourth-order valence-corrected chi connectivity index (χ4v) is 3.03. The van der Waals surface area contributed by atoms with Crippen molar-refractivity contribution in [1.82, 2.24) is 10.6 Å². The molecule has 0 saturated carbocycles. The highest BCUT2D eigenvalue weighted by atomic mass is 79.9. The fraction of sp³-hybridized carbons (Fsp3) is 0.312. The zero-order chi connectivity index (χ0) is 18.7. The van der Waals surface area contributed by atoms with Crippen LogP contribution in [0, 0.1) is 0 Å². The van der Waals surface area contributed by atoms with Crippen LogP contribution >= 0.6 is 15.9 Å². The molecule has 25 heavy (non-hydrogen) atoms. The van der Waals surface area contributed by atoms with Crippen LogP contribution in [0.5, 0.6) is 11.5 Å². The number of carbonyl (C=O) groups is 3. The molecule has 8 nitrogen and oxygen atoms in total. The number of hydrogen-bond donors (Lipinski definition) is 2. The Hall–Kier alpha value is -2.55. The van der Waals surface area contributed by atoms with Gasteiger partial charge in [-0.15, -0.1) is 0 Å². The van der Waals surface area contributed by atoms with E-state index in [1.807, 2.05) is 0 Å². The lowest BCUT2D eigenvalue weighted by molar-refractivity contribution is -0.136. The molecule has 2 rings (SSSR count). The number of ether oxygens (including phenoxy) is 3. The highest BCUT2D eigenvalue weighted by Gasteiger charge is 2.33. The molecule has 134 valence electrons. The van der Waals surface area contributed by atoms with Crippen LogP contribution in [0.4, 0.5) is 4.79 Å². The van der Waals surface area contributed by atoms with Gasteiger partial charge in [-0.3, -0.25) is 4.79 Å². The van der Waals surface area contributed by atoms with Gasteiger partial charge in [-0.25, -0.2) is 9.59 Å². The lowest BCUT2D eigenvalue weighted by Crippen LogP contribution is -2.45. The second-order valence-corrected chi connectivity index (χ2v) is 6.03. The minimum atomic E-state index is -0.768. The summed E-state index contributed by atoms with van der Waals surface area (Å²) < 4.78 is 15.7. The zero-order valence-electron chi connectivity index (χ0n) is 14.1. The minimum absolute atomic E-state index is 0.214. The summed E-state index contributed by atoms with van der Waals surface area (Å²) in [6.07, 6.45) is 0. The largest absolute Gasteiger partial charge is 0.493 e. The number of methoxy groups -OCH3 is 2. The Morgan fingerprint density at radius 3 is 2.44 bits per heavy atom. The predicted octanol–water partition coefficient (Wildman–Crippen LogP) is 2.18. The molecule has 2 amide bonds. The molecule has 0 radical (unpaired) electrons. The summed E-state index contributed by atoms with van der Waals surface area (Å²) in [5.74, 6) is -0.585. The van der Waals surface area contributed by atoms with E-state index in [9.17, 15) is 14.4 Å². The Morgan fingerprint density at radius 1 is 1.20 bits per heavy atom. The molecule has 1 heterocycles. The predicted molar refractivity (Wildman–Crippen MR) is 91.1 cm³/mol. The number of hydrogen-bond acceptors (Lipinski definition) is 6. The van der Waals surface area contributed by atoms with Gasteiger partial charge in [-0.2, -0.15) is 0 Å². The summed E-state index contributed by atoms with van der Waals surface area (Å²) in [4.78, 5) is 35.2. The van der Waals surface area contributed by atoms with Gasteiger partial charge in [0.25, 0.3) is 0 Å². The molecule has 1 aliphatic heterocycles. The first kappa shape index (κ1) is 18.8. The lowest BCUT2D eigenvalue weighted by atomic mass is 9.95. The molecule has 1 aliphatic rings. The fourth-order valence-electron chi connectivity index (χ4n) is 2.47. The SMILES string of the molecule is COC(=O)C1=C(C)NC(=O)N[C@@H]1c1cc(OC)c(OC(C)=O)cc1Br. The molecule has 0 saturated heterocycles. The number of esters is 2. The van der Waals surface area contributed by atoms with Gasteiger partial charge < -0.3 is 24.8 Å². The van der Waals surface area contributed by atoms with E-state index in [0.29, 0.717) is 15.7 Å². The van der Waals surface area contributed by atoms with E-state index < -0.39 is 24.0 Å². The topological polar surface area (TPSA) is 103 Å². The average molecular weight is 413 g/mol. The first-order valence-corrected chi connectivity index (χ1v) is 8.00. The number of urea groups is 1. The van der Waals surface area contributed by atoms with Crippen molar-refractivity contribution in [2.75, 3.05) is 14.2 Å². The first-order chi connectivity index (χ1) is 11.8. The van der Waals surface area contributed by atoms with E-state index in [0.717, 1.165) is 0 Å². The summed E-state index contributed by atoms with van der Waals surface area (Å²) in [7, 11) is 2.68. The molecule has 0 fully saturated rings. The van der Waals surface area contributed by atoms with Crippen LogP contribution in [0.2, 0.25) is 0 Å². The smallest absolute Gasteiger partial charge is 0.337 e. The third-order valence-corrected chi connectivity index (χ3v) is 4.21. The molecule has 1 atom stereocenters. The molecular weight excluding hydrogens is 396 g/mol. The van der Waals surface area contributed by atoms with Crippen LogP contribution in [0.15, 0.2) is 27.9 Å². The molecule has 0 spiro atoms. The quantitative estimate of drug-likeness (QED) is 0.580. The summed E-state index contributed by atoms with van der Waals surface area (Å²) >= 11 is 3.38. The van der Waals surface area contributed by atoms with Gasteiger partial charge in [0.05, 0.1) is 25.8 Å². The highest BCUT2D eigenvalue weighted by Crippen LogP contribution is 2.39. The minimum Gasteiger partial charge on any atom is -0.493 e. The molecule has 0 bridgehead atoms. The Labute approximate surface area is 152 Å². The summed E-state index contributed by atoms with van der Waals surface area (Å²) in [6, 6.07) is 1.89. The van der Waals surface area contributed by atoms with Crippen molar-refractivity contribution < 1.29 is 28.6 Å². The number of benzene rings is 1. The van der Waals surface area contributed by atoms with Crippen molar-refractivity contribution in [3.63, 3.8) is 0 Å². The van der Waals surface area contributed by atoms with Crippen LogP contribution < -0.4 is 20.1 Å². The molecule has 0 aliphatic carbocycles. The molecular formula is C16H17BrN2O6. The van der Waals surface area contributed by atoms with Crippen LogP contribution in [-0.2, 0) is 14.3 Å². The Kier molecular flexibility index (Phi) is 5.68. The van der Waals surface area contributed by atoms with Crippen molar-refractivity contribution in [2.24, 2.45) is 0 Å². The second kappa shape index (κ2) is 7.56. The first-order valence-electron chi connectivity index (χ1n) is 7.21. The van der Waals surface area contributed by atoms with Crippen molar-refractivity contribution in [1.29, 1.82) is 0 Å². The van der Waals surface area contributed by atoms with Crippen molar-refractivity contribution in [3.05, 3.63) is 33.4 Å². The number of halogens is 1. The van der Waals surface area contributed by atoms with Crippen molar-refractivity contribution >= 4 is 33.9 Å². The maximum Gasteiger partial charge on any atom is 0.337 e. The van der Waals surface area contributed by atoms with Gasteiger partial charge in [0.1, 0.15) is 0 Å². The van der Waals surface area contributed by atoms with E-state index in [1.165, 1.54) is 27.2 Å². The third kappa shape index (κ3) is 3.93.